The molecular weight excluding hydrogens is 282 g/mol. The third-order valence-electron chi connectivity index (χ3n) is 2.43. The zero-order chi connectivity index (χ0) is 15.2. The zero-order valence-corrected chi connectivity index (χ0v) is 13.4. The van der Waals surface area contributed by atoms with Gasteiger partial charge in [-0.3, -0.25) is 4.79 Å². The molecule has 0 rings (SSSR count). The van der Waals surface area contributed by atoms with Crippen LogP contribution in [-0.2, 0) is 19.0 Å². The van der Waals surface area contributed by atoms with Crippen molar-refractivity contribution < 1.29 is 24.1 Å². The molecule has 0 radical (unpaired) electrons. The number of carbonyl (C=O) groups excluding carboxylic acids is 1. The van der Waals surface area contributed by atoms with E-state index in [4.69, 9.17) is 19.3 Å². The second kappa shape index (κ2) is 13.8. The van der Waals surface area contributed by atoms with Gasteiger partial charge in [0.1, 0.15) is 5.78 Å². The lowest BCUT2D eigenvalue weighted by Gasteiger charge is -2.18. The number of Topliss-reactive ketones (excluding diaryl/α,β-unsaturated/α-hetero) is 1. The third-order valence-corrected chi connectivity index (χ3v) is 3.23. The minimum Gasteiger partial charge on any atom is -0.394 e. The maximum Gasteiger partial charge on any atom is 0.143 e. The van der Waals surface area contributed by atoms with Crippen LogP contribution in [0.3, 0.4) is 0 Å². The van der Waals surface area contributed by atoms with Gasteiger partial charge in [-0.1, -0.05) is 0 Å². The van der Waals surface area contributed by atoms with Crippen LogP contribution in [0.15, 0.2) is 0 Å². The molecule has 0 aliphatic heterocycles. The summed E-state index contributed by atoms with van der Waals surface area (Å²) in [6, 6.07) is -0.0663. The fourth-order valence-corrected chi connectivity index (χ4v) is 1.54. The number of hydrogen-bond acceptors (Lipinski definition) is 7. The summed E-state index contributed by atoms with van der Waals surface area (Å²) in [5.41, 5.74) is 0.165. The van der Waals surface area contributed by atoms with Crippen LogP contribution in [-0.4, -0.2) is 74.8 Å². The third kappa shape index (κ3) is 12.8. The molecule has 2 unspecified atom stereocenters. The van der Waals surface area contributed by atoms with E-state index in [-0.39, 0.29) is 37.0 Å². The predicted molar refractivity (Wildman–Crippen MR) is 80.1 cm³/mol. The molecule has 20 heavy (non-hydrogen) atoms. The summed E-state index contributed by atoms with van der Waals surface area (Å²) in [6.07, 6.45) is 1.99. The maximum absolute atomic E-state index is 11.0. The Kier molecular flexibility index (Phi) is 13.7. The first-order valence-corrected chi connectivity index (χ1v) is 8.02. The minimum absolute atomic E-state index is 0.0132. The van der Waals surface area contributed by atoms with Gasteiger partial charge >= 0.3 is 0 Å². The lowest BCUT2D eigenvalue weighted by Crippen LogP contribution is -2.40. The van der Waals surface area contributed by atoms with Crippen molar-refractivity contribution >= 4 is 17.5 Å². The van der Waals surface area contributed by atoms with Crippen molar-refractivity contribution in [3.8, 4) is 0 Å². The summed E-state index contributed by atoms with van der Waals surface area (Å²) in [5.74, 6) is 0.0642. The summed E-state index contributed by atoms with van der Waals surface area (Å²) >= 11 is 1.64. The molecule has 120 valence electrons. The number of nitrogens with one attached hydrogen (secondary N) is 1. The molecule has 6 nitrogen and oxygen atoms in total. The topological polar surface area (TPSA) is 77.0 Å². The molecule has 2 atom stereocenters. The van der Waals surface area contributed by atoms with E-state index < -0.39 is 0 Å². The van der Waals surface area contributed by atoms with Crippen LogP contribution in [0, 0.1) is 0 Å². The van der Waals surface area contributed by atoms with Crippen molar-refractivity contribution in [1.82, 2.24) is 5.32 Å². The van der Waals surface area contributed by atoms with Crippen LogP contribution in [0.2, 0.25) is 0 Å². The van der Waals surface area contributed by atoms with Gasteiger partial charge in [0, 0.05) is 0 Å². The van der Waals surface area contributed by atoms with Crippen molar-refractivity contribution in [3.63, 3.8) is 0 Å². The zero-order valence-electron chi connectivity index (χ0n) is 12.6. The summed E-state index contributed by atoms with van der Waals surface area (Å²) in [6.45, 7) is 5.96. The summed E-state index contributed by atoms with van der Waals surface area (Å²) in [4.78, 5) is 11.0. The van der Waals surface area contributed by atoms with E-state index >= 15 is 0 Å². The van der Waals surface area contributed by atoms with Gasteiger partial charge < -0.3 is 24.6 Å². The van der Waals surface area contributed by atoms with Gasteiger partial charge in [-0.25, -0.2) is 0 Å². The molecule has 0 bridgehead atoms. The van der Waals surface area contributed by atoms with Gasteiger partial charge in [0.15, 0.2) is 0 Å². The standard InChI is InChI=1S/C13H27NO5S/c1-11(16)8-14-13(9-17-5-4-15)10-18-6-7-19-12(2)20-3/h12-15H,4-10H2,1-3H3. The Morgan fingerprint density at radius 1 is 1.25 bits per heavy atom. The molecule has 0 spiro atoms. The second-order valence-electron chi connectivity index (χ2n) is 4.33. The lowest BCUT2D eigenvalue weighted by molar-refractivity contribution is -0.116. The van der Waals surface area contributed by atoms with Crippen molar-refractivity contribution in [2.45, 2.75) is 25.3 Å². The largest absolute Gasteiger partial charge is 0.394 e. The highest BCUT2D eigenvalue weighted by atomic mass is 32.2. The number of ketones is 1. The van der Waals surface area contributed by atoms with Crippen LogP contribution in [0.5, 0.6) is 0 Å². The van der Waals surface area contributed by atoms with Gasteiger partial charge in [0.2, 0.25) is 0 Å². The second-order valence-corrected chi connectivity index (χ2v) is 5.46. The molecule has 0 aromatic heterocycles. The van der Waals surface area contributed by atoms with E-state index in [0.29, 0.717) is 26.4 Å². The van der Waals surface area contributed by atoms with Crippen LogP contribution in [0.1, 0.15) is 13.8 Å². The summed E-state index contributed by atoms with van der Waals surface area (Å²) in [7, 11) is 0. The number of carbonyl (C=O) groups is 1. The molecule has 0 aromatic carbocycles. The predicted octanol–water partition coefficient (Wildman–Crippen LogP) is 0.285. The number of aliphatic hydroxyl groups is 1. The highest BCUT2D eigenvalue weighted by Crippen LogP contribution is 2.05. The lowest BCUT2D eigenvalue weighted by atomic mass is 10.3. The van der Waals surface area contributed by atoms with Crippen LogP contribution in [0.4, 0.5) is 0 Å². The van der Waals surface area contributed by atoms with Crippen molar-refractivity contribution in [1.29, 1.82) is 0 Å². The fourth-order valence-electron chi connectivity index (χ4n) is 1.31. The SMILES string of the molecule is CSC(C)OCCOCC(COCCO)NCC(C)=O. The molecule has 7 heteroatoms. The van der Waals surface area contributed by atoms with Crippen molar-refractivity contribution in [2.75, 3.05) is 52.4 Å². The maximum atomic E-state index is 11.0. The van der Waals surface area contributed by atoms with Gasteiger partial charge in [-0.15, -0.1) is 11.8 Å². The molecule has 0 saturated carbocycles. The van der Waals surface area contributed by atoms with E-state index in [1.54, 1.807) is 11.8 Å². The van der Waals surface area contributed by atoms with Crippen molar-refractivity contribution in [3.05, 3.63) is 0 Å². The van der Waals surface area contributed by atoms with E-state index in [1.807, 2.05) is 13.2 Å². The smallest absolute Gasteiger partial charge is 0.143 e. The minimum atomic E-state index is -0.0663. The molecule has 0 fully saturated rings. The Bertz CT molecular complexity index is 243. The first kappa shape index (κ1) is 19.8. The highest BCUT2D eigenvalue weighted by molar-refractivity contribution is 7.99. The Labute approximate surface area is 125 Å². The van der Waals surface area contributed by atoms with Crippen LogP contribution < -0.4 is 5.32 Å². The highest BCUT2D eigenvalue weighted by Gasteiger charge is 2.10. The molecule has 0 aliphatic rings. The average Bonchev–Trinajstić information content (AvgIpc) is 2.43. The fraction of sp³-hybridized carbons (Fsp3) is 0.923. The van der Waals surface area contributed by atoms with Gasteiger partial charge in [-0.2, -0.15) is 0 Å². The van der Waals surface area contributed by atoms with Crippen LogP contribution in [0.25, 0.3) is 0 Å². The number of hydrogen-bond donors (Lipinski definition) is 2. The van der Waals surface area contributed by atoms with Gasteiger partial charge in [0.05, 0.1) is 57.7 Å². The number of aliphatic hydroxyl groups excluding tert-OH is 1. The normalized spacial score (nSPS) is 14.2. The summed E-state index contributed by atoms with van der Waals surface area (Å²) in [5, 5.41) is 11.7. The summed E-state index contributed by atoms with van der Waals surface area (Å²) < 4.78 is 16.2. The molecule has 2 N–H and O–H groups in total. The number of rotatable bonds is 14. The molecular formula is C13H27NO5S. The van der Waals surface area contributed by atoms with E-state index in [1.165, 1.54) is 6.92 Å². The van der Waals surface area contributed by atoms with Gasteiger partial charge in [-0.05, 0) is 20.1 Å². The van der Waals surface area contributed by atoms with Crippen molar-refractivity contribution in [2.24, 2.45) is 0 Å². The Morgan fingerprint density at radius 2 is 1.90 bits per heavy atom. The molecule has 0 heterocycles. The molecule has 0 aliphatic carbocycles. The van der Waals surface area contributed by atoms with E-state index in [9.17, 15) is 4.79 Å². The first-order valence-electron chi connectivity index (χ1n) is 6.73. The Hall–Kier alpha value is -0.180. The number of ether oxygens (including phenoxy) is 3. The Balaban J connectivity index is 3.75. The van der Waals surface area contributed by atoms with Gasteiger partial charge in [0.25, 0.3) is 0 Å². The first-order chi connectivity index (χ1) is 9.60. The quantitative estimate of drug-likeness (QED) is 0.353. The van der Waals surface area contributed by atoms with E-state index in [2.05, 4.69) is 5.32 Å². The monoisotopic (exact) mass is 309 g/mol. The molecule has 0 saturated heterocycles. The molecule has 0 amide bonds. The Morgan fingerprint density at radius 3 is 2.45 bits per heavy atom. The van der Waals surface area contributed by atoms with Crippen LogP contribution >= 0.6 is 11.8 Å². The molecule has 0 aromatic rings. The average molecular weight is 309 g/mol. The van der Waals surface area contributed by atoms with E-state index in [0.717, 1.165) is 0 Å². The number of thioether (sulfide) groups is 1.